The molecule has 0 saturated carbocycles. The molecule has 4 rings (SSSR count). The molecule has 3 aromatic rings. The van der Waals surface area contributed by atoms with E-state index in [-0.39, 0.29) is 23.3 Å². The van der Waals surface area contributed by atoms with Crippen LogP contribution in [0.4, 0.5) is 11.4 Å². The van der Waals surface area contributed by atoms with E-state index in [4.69, 9.17) is 21.7 Å². The summed E-state index contributed by atoms with van der Waals surface area (Å²) in [6.45, 7) is 5.98. The number of nitrogens with zero attached hydrogens (tertiary/aromatic N) is 4. The summed E-state index contributed by atoms with van der Waals surface area (Å²) < 4.78 is 12.5. The Morgan fingerprint density at radius 2 is 1.92 bits per heavy atom. The monoisotopic (exact) mass is 507 g/mol. The highest BCUT2D eigenvalue weighted by atomic mass is 32.1. The number of aromatic nitrogens is 2. The number of ether oxygens (including phenoxy) is 2. The van der Waals surface area contributed by atoms with E-state index >= 15 is 0 Å². The van der Waals surface area contributed by atoms with Gasteiger partial charge in [-0.15, -0.1) is 0 Å². The van der Waals surface area contributed by atoms with Crippen molar-refractivity contribution in [3.63, 3.8) is 0 Å². The van der Waals surface area contributed by atoms with Gasteiger partial charge >= 0.3 is 5.69 Å². The van der Waals surface area contributed by atoms with E-state index < -0.39 is 4.92 Å². The fourth-order valence-corrected chi connectivity index (χ4v) is 4.37. The summed E-state index contributed by atoms with van der Waals surface area (Å²) in [6.07, 6.45) is 1.70. The van der Waals surface area contributed by atoms with Crippen molar-refractivity contribution < 1.29 is 19.2 Å². The van der Waals surface area contributed by atoms with Gasteiger partial charge in [0.15, 0.2) is 5.11 Å². The van der Waals surface area contributed by atoms with E-state index in [9.17, 15) is 14.9 Å². The highest BCUT2D eigenvalue weighted by Crippen LogP contribution is 2.28. The molecule has 10 nitrogen and oxygen atoms in total. The molecule has 11 heteroatoms. The first-order valence-corrected chi connectivity index (χ1v) is 11.6. The molecule has 0 bridgehead atoms. The first-order valence-electron chi connectivity index (χ1n) is 11.2. The Hall–Kier alpha value is -4.25. The Morgan fingerprint density at radius 1 is 1.19 bits per heavy atom. The molecule has 2 aromatic carbocycles. The van der Waals surface area contributed by atoms with Gasteiger partial charge in [-0.3, -0.25) is 24.5 Å². The molecule has 2 heterocycles. The van der Waals surface area contributed by atoms with E-state index in [1.54, 1.807) is 62.0 Å². The van der Waals surface area contributed by atoms with Crippen molar-refractivity contribution in [2.24, 2.45) is 0 Å². The van der Waals surface area contributed by atoms with E-state index in [0.29, 0.717) is 40.9 Å². The Bertz CT molecular complexity index is 1380. The van der Waals surface area contributed by atoms with Crippen LogP contribution in [0.5, 0.6) is 11.5 Å². The van der Waals surface area contributed by atoms with E-state index in [0.717, 1.165) is 11.1 Å². The minimum atomic E-state index is -0.428. The van der Waals surface area contributed by atoms with Gasteiger partial charge in [0.25, 0.3) is 5.91 Å². The average Bonchev–Trinajstić information content (AvgIpc) is 3.28. The number of rotatable bonds is 8. The third-order valence-electron chi connectivity index (χ3n) is 5.75. The highest BCUT2D eigenvalue weighted by molar-refractivity contribution is 7.80. The summed E-state index contributed by atoms with van der Waals surface area (Å²) >= 11 is 5.41. The van der Waals surface area contributed by atoms with Gasteiger partial charge in [-0.25, -0.2) is 0 Å². The number of aryl methyl sites for hydroxylation is 1. The molecule has 0 unspecified atom stereocenters. The molecule has 1 fully saturated rings. The first kappa shape index (κ1) is 24.9. The van der Waals surface area contributed by atoms with Crippen LogP contribution in [0.25, 0.3) is 6.08 Å². The lowest BCUT2D eigenvalue weighted by molar-refractivity contribution is -0.386. The van der Waals surface area contributed by atoms with Crippen LogP contribution in [0, 0.1) is 24.0 Å². The number of hydrogen-bond donors (Lipinski definition) is 1. The predicted molar refractivity (Wildman–Crippen MR) is 139 cm³/mol. The van der Waals surface area contributed by atoms with Gasteiger partial charge in [0.1, 0.15) is 28.6 Å². The standard InChI is InChI=1S/C25H25N5O5S/c1-5-35-20-9-7-19(8-10-20)29-24(31)21(26-25(29)36)13-17-6-11-22(34-4)18(12-17)14-28-16(3)23(30(32)33)15(2)27-28/h6-13H,5,14H2,1-4H3,(H,26,36)/b21-13+. The number of thiocarbonyl (C=S) groups is 1. The molecular formula is C25H25N5O5S. The van der Waals surface area contributed by atoms with E-state index in [1.807, 2.05) is 19.1 Å². The largest absolute Gasteiger partial charge is 0.496 e. The highest BCUT2D eigenvalue weighted by Gasteiger charge is 2.32. The molecule has 1 aromatic heterocycles. The second-order valence-electron chi connectivity index (χ2n) is 8.06. The Morgan fingerprint density at radius 3 is 2.53 bits per heavy atom. The summed E-state index contributed by atoms with van der Waals surface area (Å²) in [7, 11) is 1.55. The zero-order valence-corrected chi connectivity index (χ0v) is 21.1. The molecule has 0 radical (unpaired) electrons. The van der Waals surface area contributed by atoms with Gasteiger partial charge in [0.2, 0.25) is 0 Å². The van der Waals surface area contributed by atoms with Gasteiger partial charge in [-0.05, 0) is 81.0 Å². The van der Waals surface area contributed by atoms with E-state index in [1.165, 1.54) is 4.90 Å². The van der Waals surface area contributed by atoms with Crippen LogP contribution < -0.4 is 19.7 Å². The molecular weight excluding hydrogens is 482 g/mol. The van der Waals surface area contributed by atoms with Crippen molar-refractivity contribution in [2.45, 2.75) is 27.3 Å². The van der Waals surface area contributed by atoms with Gasteiger partial charge in [-0.2, -0.15) is 5.10 Å². The lowest BCUT2D eigenvalue weighted by Crippen LogP contribution is -2.30. The Balaban J connectivity index is 1.62. The minimum Gasteiger partial charge on any atom is -0.496 e. The summed E-state index contributed by atoms with van der Waals surface area (Å²) in [4.78, 5) is 25.5. The van der Waals surface area contributed by atoms with Crippen LogP contribution in [0.1, 0.15) is 29.4 Å². The molecule has 1 aliphatic rings. The molecule has 0 spiro atoms. The molecule has 0 aliphatic carbocycles. The van der Waals surface area contributed by atoms with Crippen molar-refractivity contribution in [1.29, 1.82) is 0 Å². The summed E-state index contributed by atoms with van der Waals surface area (Å²) in [6, 6.07) is 12.6. The van der Waals surface area contributed by atoms with Gasteiger partial charge in [0.05, 0.1) is 30.9 Å². The topological polar surface area (TPSA) is 112 Å². The minimum absolute atomic E-state index is 0.00381. The number of benzene rings is 2. The van der Waals surface area contributed by atoms with Crippen molar-refractivity contribution in [1.82, 2.24) is 15.1 Å². The zero-order chi connectivity index (χ0) is 26.0. The number of anilines is 1. The maximum Gasteiger partial charge on any atom is 0.312 e. The van der Waals surface area contributed by atoms with Crippen LogP contribution >= 0.6 is 12.2 Å². The number of amides is 1. The number of hydrogen-bond acceptors (Lipinski definition) is 7. The number of nitrogens with one attached hydrogen (secondary N) is 1. The Kier molecular flexibility index (Phi) is 7.02. The van der Waals surface area contributed by atoms with Crippen LogP contribution in [0.3, 0.4) is 0 Å². The SMILES string of the molecule is CCOc1ccc(N2C(=O)/C(=C\c3ccc(OC)c(Cn4nc(C)c([N+](=O)[O-])c4C)c3)NC2=S)cc1. The molecule has 36 heavy (non-hydrogen) atoms. The summed E-state index contributed by atoms with van der Waals surface area (Å²) in [5, 5.41) is 19.0. The lowest BCUT2D eigenvalue weighted by atomic mass is 10.1. The molecule has 1 N–H and O–H groups in total. The smallest absolute Gasteiger partial charge is 0.312 e. The normalized spacial score (nSPS) is 14.3. The molecule has 1 aliphatic heterocycles. The third kappa shape index (κ3) is 4.78. The first-order chi connectivity index (χ1) is 17.2. The molecule has 0 atom stereocenters. The summed E-state index contributed by atoms with van der Waals surface area (Å²) in [5.74, 6) is 1.03. The van der Waals surface area contributed by atoms with Crippen LogP contribution in [-0.4, -0.2) is 39.4 Å². The summed E-state index contributed by atoms with van der Waals surface area (Å²) in [5.41, 5.74) is 3.23. The quantitative estimate of drug-likeness (QED) is 0.210. The molecule has 186 valence electrons. The molecule has 1 saturated heterocycles. The van der Waals surface area contributed by atoms with Gasteiger partial charge in [-0.1, -0.05) is 6.07 Å². The van der Waals surface area contributed by atoms with Crippen molar-refractivity contribution >= 4 is 40.7 Å². The van der Waals surface area contributed by atoms with Crippen LogP contribution in [0.2, 0.25) is 0 Å². The second kappa shape index (κ2) is 10.2. The van der Waals surface area contributed by atoms with Crippen molar-refractivity contribution in [3.8, 4) is 11.5 Å². The number of carbonyl (C=O) groups is 1. The van der Waals surface area contributed by atoms with Crippen molar-refractivity contribution in [3.05, 3.63) is 80.8 Å². The maximum atomic E-state index is 13.2. The number of carbonyl (C=O) groups excluding carboxylic acids is 1. The lowest BCUT2D eigenvalue weighted by Gasteiger charge is -2.14. The number of methoxy groups -OCH3 is 1. The van der Waals surface area contributed by atoms with Crippen molar-refractivity contribution in [2.75, 3.05) is 18.6 Å². The number of nitro groups is 1. The van der Waals surface area contributed by atoms with E-state index in [2.05, 4.69) is 10.4 Å². The predicted octanol–water partition coefficient (Wildman–Crippen LogP) is 4.13. The fourth-order valence-electron chi connectivity index (χ4n) is 4.07. The Labute approximate surface area is 213 Å². The zero-order valence-electron chi connectivity index (χ0n) is 20.3. The van der Waals surface area contributed by atoms with Crippen LogP contribution in [-0.2, 0) is 11.3 Å². The maximum absolute atomic E-state index is 13.2. The third-order valence-corrected chi connectivity index (χ3v) is 6.03. The van der Waals surface area contributed by atoms with Gasteiger partial charge in [0, 0.05) is 5.56 Å². The van der Waals surface area contributed by atoms with Crippen LogP contribution in [0.15, 0.2) is 48.2 Å². The van der Waals surface area contributed by atoms with Gasteiger partial charge < -0.3 is 14.8 Å². The fraction of sp³-hybridized carbons (Fsp3) is 0.240. The second-order valence-corrected chi connectivity index (χ2v) is 8.45. The molecule has 1 amide bonds. The average molecular weight is 508 g/mol.